The quantitative estimate of drug-likeness (QED) is 0.463. The Labute approximate surface area is 158 Å². The highest BCUT2D eigenvalue weighted by Crippen LogP contribution is 2.26. The van der Waals surface area contributed by atoms with Gasteiger partial charge in [0, 0.05) is 16.3 Å². The van der Waals surface area contributed by atoms with Crippen LogP contribution in [0.2, 0.25) is 0 Å². The normalized spacial score (nSPS) is 11.4. The summed E-state index contributed by atoms with van der Waals surface area (Å²) in [5.41, 5.74) is 4.49. The topological polar surface area (TPSA) is 60.9 Å². The number of rotatable bonds is 3. The molecule has 5 aromatic rings. The van der Waals surface area contributed by atoms with Gasteiger partial charge in [0.05, 0.1) is 18.6 Å². The minimum absolute atomic E-state index is 0.193. The van der Waals surface area contributed by atoms with Gasteiger partial charge in [0.1, 0.15) is 16.1 Å². The fraction of sp³-hybridized carbons (Fsp3) is 0.0952. The molecule has 27 heavy (non-hydrogen) atoms. The minimum atomic E-state index is -0.193. The molecule has 0 N–H and O–H groups in total. The van der Waals surface area contributed by atoms with Crippen LogP contribution in [0.1, 0.15) is 11.3 Å². The lowest BCUT2D eigenvalue weighted by Gasteiger charge is -2.02. The summed E-state index contributed by atoms with van der Waals surface area (Å²) in [5.74, 6) is 0. The van der Waals surface area contributed by atoms with Gasteiger partial charge in [0.2, 0.25) is 5.58 Å². The van der Waals surface area contributed by atoms with Gasteiger partial charge in [-0.1, -0.05) is 42.0 Å². The lowest BCUT2D eigenvalue weighted by atomic mass is 10.2. The van der Waals surface area contributed by atoms with Crippen LogP contribution in [0.3, 0.4) is 0 Å². The Morgan fingerprint density at radius 3 is 2.78 bits per heavy atom. The Hall–Kier alpha value is -3.25. The van der Waals surface area contributed by atoms with Crippen LogP contribution in [0, 0.1) is 6.92 Å². The smallest absolute Gasteiger partial charge is 0.297 e. The number of para-hydroxylation sites is 1. The third-order valence-electron chi connectivity index (χ3n) is 4.53. The molecule has 0 aliphatic rings. The van der Waals surface area contributed by atoms with E-state index in [9.17, 15) is 4.79 Å². The molecule has 0 saturated heterocycles. The van der Waals surface area contributed by atoms with E-state index < -0.39 is 0 Å². The number of thiazole rings is 1. The average Bonchev–Trinajstić information content (AvgIpc) is 3.30. The molecule has 0 fully saturated rings. The summed E-state index contributed by atoms with van der Waals surface area (Å²) < 4.78 is 7.27. The van der Waals surface area contributed by atoms with Crippen LogP contribution in [0.15, 0.2) is 69.5 Å². The highest BCUT2D eigenvalue weighted by molar-refractivity contribution is 7.13. The number of furan rings is 1. The van der Waals surface area contributed by atoms with Gasteiger partial charge in [-0.25, -0.2) is 9.97 Å². The lowest BCUT2D eigenvalue weighted by molar-refractivity contribution is 0.641. The van der Waals surface area contributed by atoms with Gasteiger partial charge < -0.3 is 4.42 Å². The van der Waals surface area contributed by atoms with E-state index >= 15 is 0 Å². The van der Waals surface area contributed by atoms with Crippen LogP contribution >= 0.6 is 11.3 Å². The van der Waals surface area contributed by atoms with Crippen molar-refractivity contribution in [2.24, 2.45) is 0 Å². The Morgan fingerprint density at radius 1 is 1.11 bits per heavy atom. The van der Waals surface area contributed by atoms with Crippen LogP contribution in [0.5, 0.6) is 0 Å². The highest BCUT2D eigenvalue weighted by Gasteiger charge is 2.14. The minimum Gasteiger partial charge on any atom is -0.448 e. The number of fused-ring (bicyclic) bond motifs is 3. The average molecular weight is 373 g/mol. The summed E-state index contributed by atoms with van der Waals surface area (Å²) in [6.07, 6.45) is 1.57. The standard InChI is InChI=1S/C21H15N3O2S/c1-13-6-8-14(9-7-13)20-23-15(11-27-20)10-24-12-22-18-16-4-2-3-5-17(16)26-19(18)21(24)25/h2-9,11-12H,10H2,1H3. The number of aryl methyl sites for hydroxylation is 1. The number of hydrogen-bond donors (Lipinski definition) is 0. The molecule has 0 bridgehead atoms. The van der Waals surface area contributed by atoms with Gasteiger partial charge in [-0.15, -0.1) is 11.3 Å². The largest absolute Gasteiger partial charge is 0.448 e. The summed E-state index contributed by atoms with van der Waals surface area (Å²) in [6.45, 7) is 2.42. The van der Waals surface area contributed by atoms with Crippen molar-refractivity contribution in [2.45, 2.75) is 13.5 Å². The summed E-state index contributed by atoms with van der Waals surface area (Å²) in [4.78, 5) is 21.9. The fourth-order valence-corrected chi connectivity index (χ4v) is 3.93. The first-order chi connectivity index (χ1) is 13.2. The van der Waals surface area contributed by atoms with E-state index in [-0.39, 0.29) is 11.1 Å². The van der Waals surface area contributed by atoms with Crippen molar-refractivity contribution in [3.05, 3.63) is 81.8 Å². The molecule has 0 radical (unpaired) electrons. The van der Waals surface area contributed by atoms with Crippen molar-refractivity contribution >= 4 is 33.4 Å². The molecule has 3 heterocycles. The number of benzene rings is 2. The van der Waals surface area contributed by atoms with Gasteiger partial charge >= 0.3 is 0 Å². The maximum Gasteiger partial charge on any atom is 0.297 e. The van der Waals surface area contributed by atoms with E-state index in [4.69, 9.17) is 4.42 Å². The number of nitrogens with zero attached hydrogens (tertiary/aromatic N) is 3. The van der Waals surface area contributed by atoms with E-state index in [1.807, 2.05) is 29.6 Å². The molecule has 2 aromatic carbocycles. The van der Waals surface area contributed by atoms with E-state index in [1.54, 1.807) is 22.2 Å². The SMILES string of the molecule is Cc1ccc(-c2nc(Cn3cnc4c(oc5ccccc54)c3=O)cs2)cc1. The van der Waals surface area contributed by atoms with Crippen molar-refractivity contribution in [3.8, 4) is 10.6 Å². The molecule has 0 aliphatic heterocycles. The molecule has 3 aromatic heterocycles. The lowest BCUT2D eigenvalue weighted by Crippen LogP contribution is -2.20. The highest BCUT2D eigenvalue weighted by atomic mass is 32.1. The Bertz CT molecular complexity index is 1330. The summed E-state index contributed by atoms with van der Waals surface area (Å²) in [7, 11) is 0. The monoisotopic (exact) mass is 373 g/mol. The molecule has 0 saturated carbocycles. The number of aromatic nitrogens is 3. The fourth-order valence-electron chi connectivity index (χ4n) is 3.11. The molecule has 0 amide bonds. The molecule has 5 rings (SSSR count). The van der Waals surface area contributed by atoms with Crippen LogP contribution in [0.25, 0.3) is 32.6 Å². The van der Waals surface area contributed by atoms with Crippen LogP contribution in [-0.4, -0.2) is 14.5 Å². The second-order valence-corrected chi connectivity index (χ2v) is 7.32. The Kier molecular flexibility index (Phi) is 3.65. The van der Waals surface area contributed by atoms with E-state index in [1.165, 1.54) is 5.56 Å². The van der Waals surface area contributed by atoms with Gasteiger partial charge in [0.25, 0.3) is 5.56 Å². The first-order valence-corrected chi connectivity index (χ1v) is 9.45. The zero-order valence-electron chi connectivity index (χ0n) is 14.5. The maximum absolute atomic E-state index is 12.8. The molecule has 0 aliphatic carbocycles. The van der Waals surface area contributed by atoms with E-state index in [0.717, 1.165) is 21.7 Å². The van der Waals surface area contributed by atoms with Crippen LogP contribution in [0.4, 0.5) is 0 Å². The molecule has 5 nitrogen and oxygen atoms in total. The predicted molar refractivity (Wildman–Crippen MR) is 107 cm³/mol. The Morgan fingerprint density at radius 2 is 1.93 bits per heavy atom. The second kappa shape index (κ2) is 6.17. The number of hydrogen-bond acceptors (Lipinski definition) is 5. The molecule has 132 valence electrons. The van der Waals surface area contributed by atoms with E-state index in [0.29, 0.717) is 17.6 Å². The summed E-state index contributed by atoms with van der Waals surface area (Å²) >= 11 is 1.57. The third kappa shape index (κ3) is 2.74. The molecular weight excluding hydrogens is 358 g/mol. The van der Waals surface area contributed by atoms with Crippen molar-refractivity contribution < 1.29 is 4.42 Å². The van der Waals surface area contributed by atoms with Crippen molar-refractivity contribution in [1.82, 2.24) is 14.5 Å². The van der Waals surface area contributed by atoms with Crippen LogP contribution < -0.4 is 5.56 Å². The molecule has 0 atom stereocenters. The zero-order chi connectivity index (χ0) is 18.4. The van der Waals surface area contributed by atoms with Crippen molar-refractivity contribution in [2.75, 3.05) is 0 Å². The molecular formula is C21H15N3O2S. The Balaban J connectivity index is 1.51. The predicted octanol–water partition coefficient (Wildman–Crippen LogP) is 4.62. The molecule has 6 heteroatoms. The zero-order valence-corrected chi connectivity index (χ0v) is 15.4. The van der Waals surface area contributed by atoms with Crippen molar-refractivity contribution in [1.29, 1.82) is 0 Å². The van der Waals surface area contributed by atoms with Gasteiger partial charge in [-0.2, -0.15) is 0 Å². The summed E-state index contributed by atoms with van der Waals surface area (Å²) in [6, 6.07) is 15.8. The second-order valence-electron chi connectivity index (χ2n) is 6.46. The maximum atomic E-state index is 12.8. The first kappa shape index (κ1) is 16.0. The van der Waals surface area contributed by atoms with Gasteiger partial charge in [-0.05, 0) is 19.1 Å². The first-order valence-electron chi connectivity index (χ1n) is 8.57. The summed E-state index contributed by atoms with van der Waals surface area (Å²) in [5, 5.41) is 3.77. The van der Waals surface area contributed by atoms with E-state index in [2.05, 4.69) is 41.2 Å². The van der Waals surface area contributed by atoms with Crippen LogP contribution in [-0.2, 0) is 6.54 Å². The van der Waals surface area contributed by atoms with Gasteiger partial charge in [-0.3, -0.25) is 9.36 Å². The molecule has 0 spiro atoms. The van der Waals surface area contributed by atoms with Crippen molar-refractivity contribution in [3.63, 3.8) is 0 Å². The van der Waals surface area contributed by atoms with Gasteiger partial charge in [0.15, 0.2) is 0 Å². The molecule has 0 unspecified atom stereocenters. The third-order valence-corrected chi connectivity index (χ3v) is 5.47.